The molecule has 1 atom stereocenters. The lowest BCUT2D eigenvalue weighted by molar-refractivity contribution is 0.594. The second-order valence-corrected chi connectivity index (χ2v) is 4.24. The number of halogens is 1. The van der Waals surface area contributed by atoms with Gasteiger partial charge in [0.05, 0.1) is 23.6 Å². The fourth-order valence-electron chi connectivity index (χ4n) is 1.84. The molecule has 1 aromatic heterocycles. The van der Waals surface area contributed by atoms with Gasteiger partial charge in [-0.15, -0.1) is 0 Å². The van der Waals surface area contributed by atoms with E-state index in [0.29, 0.717) is 5.69 Å². The normalized spacial score (nSPS) is 12.4. The molecule has 0 aliphatic carbocycles. The zero-order valence-corrected chi connectivity index (χ0v) is 10.3. The second-order valence-electron chi connectivity index (χ2n) is 4.24. The standard InChI is InChI=1S/C13H15FN4/c1-8-3-10(5-11(14)4-8)13(18-15)12-7-16-9(2)6-17-12/h3-7,13,18H,15H2,1-2H3. The van der Waals surface area contributed by atoms with Crippen LogP contribution in [0.3, 0.4) is 0 Å². The molecule has 94 valence electrons. The minimum absolute atomic E-state index is 0.287. The van der Waals surface area contributed by atoms with Crippen molar-refractivity contribution in [3.8, 4) is 0 Å². The molecule has 1 aromatic carbocycles. The summed E-state index contributed by atoms with van der Waals surface area (Å²) in [5.74, 6) is 5.25. The predicted molar refractivity (Wildman–Crippen MR) is 67.1 cm³/mol. The SMILES string of the molecule is Cc1cc(F)cc(C(NN)c2cnc(C)cn2)c1. The number of nitrogens with two attached hydrogens (primary N) is 1. The largest absolute Gasteiger partial charge is 0.271 e. The maximum absolute atomic E-state index is 13.4. The first kappa shape index (κ1) is 12.6. The summed E-state index contributed by atoms with van der Waals surface area (Å²) in [6.45, 7) is 3.69. The van der Waals surface area contributed by atoms with Crippen molar-refractivity contribution < 1.29 is 4.39 Å². The molecule has 0 spiro atoms. The lowest BCUT2D eigenvalue weighted by atomic mass is 10.0. The van der Waals surface area contributed by atoms with Crippen molar-refractivity contribution in [2.24, 2.45) is 5.84 Å². The van der Waals surface area contributed by atoms with Gasteiger partial charge < -0.3 is 0 Å². The van der Waals surface area contributed by atoms with Gasteiger partial charge >= 0.3 is 0 Å². The molecule has 2 rings (SSSR count). The molecular weight excluding hydrogens is 231 g/mol. The third kappa shape index (κ3) is 2.69. The van der Waals surface area contributed by atoms with Crippen LogP contribution in [0.1, 0.15) is 28.6 Å². The predicted octanol–water partition coefficient (Wildman–Crippen LogP) is 1.79. The topological polar surface area (TPSA) is 63.8 Å². The Kier molecular flexibility index (Phi) is 3.64. The molecular formula is C13H15FN4. The highest BCUT2D eigenvalue weighted by Gasteiger charge is 2.15. The lowest BCUT2D eigenvalue weighted by Crippen LogP contribution is -2.29. The highest BCUT2D eigenvalue weighted by molar-refractivity contribution is 5.31. The molecule has 1 heterocycles. The van der Waals surface area contributed by atoms with Gasteiger partial charge in [0.2, 0.25) is 0 Å². The van der Waals surface area contributed by atoms with E-state index in [4.69, 9.17) is 5.84 Å². The van der Waals surface area contributed by atoms with E-state index in [-0.39, 0.29) is 11.9 Å². The van der Waals surface area contributed by atoms with Gasteiger partial charge in [-0.25, -0.2) is 9.82 Å². The minimum atomic E-state index is -0.368. The average Bonchev–Trinajstić information content (AvgIpc) is 2.31. The maximum Gasteiger partial charge on any atom is 0.123 e. The molecule has 0 fully saturated rings. The van der Waals surface area contributed by atoms with Gasteiger partial charge in [0.15, 0.2) is 0 Å². The summed E-state index contributed by atoms with van der Waals surface area (Å²) in [6.07, 6.45) is 3.30. The molecule has 3 N–H and O–H groups in total. The third-order valence-corrected chi connectivity index (χ3v) is 2.66. The molecule has 0 amide bonds. The van der Waals surface area contributed by atoms with E-state index in [1.54, 1.807) is 12.4 Å². The Bertz CT molecular complexity index is 519. The molecule has 0 radical (unpaired) electrons. The summed E-state index contributed by atoms with van der Waals surface area (Å²) in [4.78, 5) is 8.42. The molecule has 1 unspecified atom stereocenters. The first-order valence-electron chi connectivity index (χ1n) is 5.62. The third-order valence-electron chi connectivity index (χ3n) is 2.66. The van der Waals surface area contributed by atoms with Crippen LogP contribution in [0.15, 0.2) is 30.6 Å². The van der Waals surface area contributed by atoms with E-state index in [0.717, 1.165) is 16.8 Å². The van der Waals surface area contributed by atoms with Crippen molar-refractivity contribution in [2.45, 2.75) is 19.9 Å². The van der Waals surface area contributed by atoms with Crippen molar-refractivity contribution >= 4 is 0 Å². The summed E-state index contributed by atoms with van der Waals surface area (Å²) in [6, 6.07) is 4.42. The molecule has 0 aliphatic rings. The molecule has 4 nitrogen and oxygen atoms in total. The molecule has 0 aliphatic heterocycles. The van der Waals surface area contributed by atoms with Crippen LogP contribution in [0, 0.1) is 19.7 Å². The van der Waals surface area contributed by atoms with Gasteiger partial charge in [-0.3, -0.25) is 15.8 Å². The smallest absolute Gasteiger partial charge is 0.123 e. The molecule has 5 heteroatoms. The molecule has 0 saturated heterocycles. The van der Waals surface area contributed by atoms with Gasteiger partial charge in [0.25, 0.3) is 0 Å². The summed E-state index contributed by atoms with van der Waals surface area (Å²) in [7, 11) is 0. The minimum Gasteiger partial charge on any atom is -0.271 e. The van der Waals surface area contributed by atoms with Crippen LogP contribution in [0.25, 0.3) is 0 Å². The van der Waals surface area contributed by atoms with E-state index < -0.39 is 0 Å². The Morgan fingerprint density at radius 1 is 1.17 bits per heavy atom. The fourth-order valence-corrected chi connectivity index (χ4v) is 1.84. The lowest BCUT2D eigenvalue weighted by Gasteiger charge is -2.16. The number of rotatable bonds is 3. The van der Waals surface area contributed by atoms with Crippen LogP contribution in [0.5, 0.6) is 0 Å². The molecule has 2 aromatic rings. The number of hydrogen-bond donors (Lipinski definition) is 2. The number of aromatic nitrogens is 2. The highest BCUT2D eigenvalue weighted by Crippen LogP contribution is 2.21. The first-order valence-corrected chi connectivity index (χ1v) is 5.62. The maximum atomic E-state index is 13.4. The summed E-state index contributed by atoms with van der Waals surface area (Å²) >= 11 is 0. The molecule has 18 heavy (non-hydrogen) atoms. The second kappa shape index (κ2) is 5.20. The number of benzene rings is 1. The van der Waals surface area contributed by atoms with Crippen molar-refractivity contribution in [1.82, 2.24) is 15.4 Å². The van der Waals surface area contributed by atoms with Crippen molar-refractivity contribution in [1.29, 1.82) is 0 Å². The summed E-state index contributed by atoms with van der Waals surface area (Å²) in [5.41, 5.74) is 5.69. The van der Waals surface area contributed by atoms with Gasteiger partial charge in [-0.05, 0) is 37.1 Å². The molecule has 0 bridgehead atoms. The van der Waals surface area contributed by atoms with E-state index in [9.17, 15) is 4.39 Å². The van der Waals surface area contributed by atoms with E-state index in [2.05, 4.69) is 15.4 Å². The summed E-state index contributed by atoms with van der Waals surface area (Å²) < 4.78 is 13.4. The summed E-state index contributed by atoms with van der Waals surface area (Å²) in [5, 5.41) is 0. The molecule has 0 saturated carbocycles. The van der Waals surface area contributed by atoms with Crippen LogP contribution in [0.2, 0.25) is 0 Å². The van der Waals surface area contributed by atoms with Crippen molar-refractivity contribution in [3.63, 3.8) is 0 Å². The first-order chi connectivity index (χ1) is 8.60. The number of aryl methyl sites for hydroxylation is 2. The van der Waals surface area contributed by atoms with Crippen LogP contribution in [-0.4, -0.2) is 9.97 Å². The zero-order chi connectivity index (χ0) is 13.1. The van der Waals surface area contributed by atoms with Gasteiger partial charge in [-0.2, -0.15) is 0 Å². The number of nitrogens with zero attached hydrogens (tertiary/aromatic N) is 2. The Balaban J connectivity index is 2.41. The number of nitrogens with one attached hydrogen (secondary N) is 1. The van der Waals surface area contributed by atoms with E-state index in [1.165, 1.54) is 12.1 Å². The van der Waals surface area contributed by atoms with Gasteiger partial charge in [0.1, 0.15) is 5.82 Å². The number of hydrogen-bond acceptors (Lipinski definition) is 4. The monoisotopic (exact) mass is 246 g/mol. The Hall–Kier alpha value is -1.85. The highest BCUT2D eigenvalue weighted by atomic mass is 19.1. The van der Waals surface area contributed by atoms with Crippen LogP contribution in [-0.2, 0) is 0 Å². The number of hydrazine groups is 1. The Morgan fingerprint density at radius 2 is 1.94 bits per heavy atom. The van der Waals surface area contributed by atoms with Gasteiger partial charge in [-0.1, -0.05) is 6.07 Å². The zero-order valence-electron chi connectivity index (χ0n) is 10.3. The Morgan fingerprint density at radius 3 is 2.50 bits per heavy atom. The Labute approximate surface area is 105 Å². The van der Waals surface area contributed by atoms with Crippen LogP contribution < -0.4 is 11.3 Å². The van der Waals surface area contributed by atoms with E-state index in [1.807, 2.05) is 19.9 Å². The van der Waals surface area contributed by atoms with Crippen molar-refractivity contribution in [2.75, 3.05) is 0 Å². The van der Waals surface area contributed by atoms with Crippen molar-refractivity contribution in [3.05, 3.63) is 58.9 Å². The quantitative estimate of drug-likeness (QED) is 0.640. The van der Waals surface area contributed by atoms with Gasteiger partial charge in [0, 0.05) is 6.20 Å². The average molecular weight is 246 g/mol. The fraction of sp³-hybridized carbons (Fsp3) is 0.231. The van der Waals surface area contributed by atoms with E-state index >= 15 is 0 Å². The van der Waals surface area contributed by atoms with Crippen LogP contribution in [0.4, 0.5) is 4.39 Å². The van der Waals surface area contributed by atoms with Crippen LogP contribution >= 0.6 is 0 Å².